The molecule has 1 saturated carbocycles. The quantitative estimate of drug-likeness (QED) is 0.633. The van der Waals surface area contributed by atoms with Gasteiger partial charge in [0.05, 0.1) is 0 Å². The van der Waals surface area contributed by atoms with Crippen molar-refractivity contribution in [1.29, 1.82) is 0 Å². The third kappa shape index (κ3) is 1.74. The fourth-order valence-electron chi connectivity index (χ4n) is 1.99. The van der Waals surface area contributed by atoms with Crippen LogP contribution < -0.4 is 0 Å². The molecule has 66 valence electrons. The van der Waals surface area contributed by atoms with Crippen LogP contribution in [0.1, 0.15) is 32.6 Å². The fourth-order valence-corrected chi connectivity index (χ4v) is 1.99. The van der Waals surface area contributed by atoms with E-state index in [9.17, 15) is 0 Å². The predicted octanol–water partition coefficient (Wildman–Crippen LogP) is 1.17. The number of hydrogen-bond acceptors (Lipinski definition) is 2. The van der Waals surface area contributed by atoms with Crippen LogP contribution >= 0.6 is 0 Å². The Kier molecular flexibility index (Phi) is 2.90. The highest BCUT2D eigenvalue weighted by Crippen LogP contribution is 2.39. The third-order valence-electron chi connectivity index (χ3n) is 3.12. The molecule has 2 atom stereocenters. The summed E-state index contributed by atoms with van der Waals surface area (Å²) in [5.41, 5.74) is -0.00694. The highest BCUT2D eigenvalue weighted by atomic mass is 16.3. The Morgan fingerprint density at radius 2 is 2.09 bits per heavy atom. The normalized spacial score (nSPS) is 39.0. The van der Waals surface area contributed by atoms with Crippen molar-refractivity contribution in [3.05, 3.63) is 0 Å². The standard InChI is InChI=1S/C9H18O2/c1-9(7-11)5-3-2-4-8(9)6-10/h8,10-11H,2-7H2,1H3/t8-,9-/m1/s1. The van der Waals surface area contributed by atoms with E-state index < -0.39 is 0 Å². The van der Waals surface area contributed by atoms with Crippen LogP contribution in [0, 0.1) is 11.3 Å². The molecule has 0 spiro atoms. The number of aliphatic hydroxyl groups is 2. The van der Waals surface area contributed by atoms with Crippen molar-refractivity contribution in [2.24, 2.45) is 11.3 Å². The molecule has 0 aromatic rings. The van der Waals surface area contributed by atoms with Crippen LogP contribution in [0.5, 0.6) is 0 Å². The Hall–Kier alpha value is -0.0800. The van der Waals surface area contributed by atoms with Gasteiger partial charge in [-0.2, -0.15) is 0 Å². The van der Waals surface area contributed by atoms with Gasteiger partial charge in [0.2, 0.25) is 0 Å². The second-order valence-electron chi connectivity index (χ2n) is 3.94. The van der Waals surface area contributed by atoms with Gasteiger partial charge in [-0.1, -0.05) is 19.8 Å². The van der Waals surface area contributed by atoms with Crippen molar-refractivity contribution in [3.63, 3.8) is 0 Å². The van der Waals surface area contributed by atoms with Gasteiger partial charge >= 0.3 is 0 Å². The first-order valence-electron chi connectivity index (χ1n) is 4.44. The minimum absolute atomic E-state index is 0.00694. The Morgan fingerprint density at radius 3 is 2.55 bits per heavy atom. The molecule has 0 aromatic carbocycles. The first-order valence-corrected chi connectivity index (χ1v) is 4.44. The van der Waals surface area contributed by atoms with Crippen molar-refractivity contribution in [3.8, 4) is 0 Å². The number of rotatable bonds is 2. The zero-order valence-electron chi connectivity index (χ0n) is 7.21. The lowest BCUT2D eigenvalue weighted by Crippen LogP contribution is -2.36. The van der Waals surface area contributed by atoms with Crippen LogP contribution in [0.15, 0.2) is 0 Å². The maximum atomic E-state index is 9.14. The summed E-state index contributed by atoms with van der Waals surface area (Å²) >= 11 is 0. The second kappa shape index (κ2) is 3.55. The largest absolute Gasteiger partial charge is 0.396 e. The molecule has 0 saturated heterocycles. The monoisotopic (exact) mass is 158 g/mol. The molecule has 2 heteroatoms. The fraction of sp³-hybridized carbons (Fsp3) is 1.00. The van der Waals surface area contributed by atoms with Gasteiger partial charge in [-0.15, -0.1) is 0 Å². The van der Waals surface area contributed by atoms with E-state index >= 15 is 0 Å². The number of hydrogen-bond donors (Lipinski definition) is 2. The molecule has 1 aliphatic rings. The topological polar surface area (TPSA) is 40.5 Å². The lowest BCUT2D eigenvalue weighted by molar-refractivity contribution is 0.00901. The molecule has 2 nitrogen and oxygen atoms in total. The summed E-state index contributed by atoms with van der Waals surface area (Å²) in [6, 6.07) is 0. The molecule has 0 unspecified atom stereocenters. The van der Waals surface area contributed by atoms with Gasteiger partial charge in [0.25, 0.3) is 0 Å². The summed E-state index contributed by atoms with van der Waals surface area (Å²) in [5.74, 6) is 0.321. The molecule has 2 N–H and O–H groups in total. The SMILES string of the molecule is C[C@]1(CO)CCCC[C@@H]1CO. The Labute approximate surface area is 68.2 Å². The molecule has 0 radical (unpaired) electrons. The maximum absolute atomic E-state index is 9.14. The molecule has 1 fully saturated rings. The van der Waals surface area contributed by atoms with Crippen molar-refractivity contribution < 1.29 is 10.2 Å². The smallest absolute Gasteiger partial charge is 0.0488 e. The summed E-state index contributed by atoms with van der Waals surface area (Å²) in [5, 5.41) is 18.2. The van der Waals surface area contributed by atoms with E-state index in [0.717, 1.165) is 12.8 Å². The molecule has 0 aromatic heterocycles. The van der Waals surface area contributed by atoms with Crippen molar-refractivity contribution in [2.75, 3.05) is 13.2 Å². The first kappa shape index (κ1) is 9.01. The minimum atomic E-state index is -0.00694. The first-order chi connectivity index (χ1) is 5.23. The van der Waals surface area contributed by atoms with E-state index in [1.165, 1.54) is 12.8 Å². The zero-order valence-corrected chi connectivity index (χ0v) is 7.21. The second-order valence-corrected chi connectivity index (χ2v) is 3.94. The predicted molar refractivity (Wildman–Crippen MR) is 44.2 cm³/mol. The van der Waals surface area contributed by atoms with E-state index in [1.807, 2.05) is 0 Å². The molecule has 0 bridgehead atoms. The van der Waals surface area contributed by atoms with E-state index in [1.54, 1.807) is 0 Å². The Bertz CT molecular complexity index is 125. The maximum Gasteiger partial charge on any atom is 0.0488 e. The van der Waals surface area contributed by atoms with Crippen LogP contribution in [0.3, 0.4) is 0 Å². The van der Waals surface area contributed by atoms with Crippen molar-refractivity contribution >= 4 is 0 Å². The Balaban J connectivity index is 2.57. The average molecular weight is 158 g/mol. The molecular weight excluding hydrogens is 140 g/mol. The van der Waals surface area contributed by atoms with Crippen LogP contribution in [0.4, 0.5) is 0 Å². The molecule has 0 amide bonds. The van der Waals surface area contributed by atoms with Crippen LogP contribution in [0.25, 0.3) is 0 Å². The van der Waals surface area contributed by atoms with Gasteiger partial charge in [0.15, 0.2) is 0 Å². The van der Waals surface area contributed by atoms with Crippen LogP contribution in [-0.2, 0) is 0 Å². The van der Waals surface area contributed by atoms with Gasteiger partial charge in [-0.05, 0) is 24.2 Å². The third-order valence-corrected chi connectivity index (χ3v) is 3.12. The highest BCUT2D eigenvalue weighted by molar-refractivity contribution is 4.85. The highest BCUT2D eigenvalue weighted by Gasteiger charge is 2.35. The molecule has 11 heavy (non-hydrogen) atoms. The molecular formula is C9H18O2. The Morgan fingerprint density at radius 1 is 1.36 bits per heavy atom. The van der Waals surface area contributed by atoms with Gasteiger partial charge in [-0.3, -0.25) is 0 Å². The van der Waals surface area contributed by atoms with Crippen LogP contribution in [-0.4, -0.2) is 23.4 Å². The van der Waals surface area contributed by atoms with Gasteiger partial charge < -0.3 is 10.2 Å². The van der Waals surface area contributed by atoms with E-state index in [-0.39, 0.29) is 18.6 Å². The molecule has 1 rings (SSSR count). The van der Waals surface area contributed by atoms with Crippen LogP contribution in [0.2, 0.25) is 0 Å². The van der Waals surface area contributed by atoms with Gasteiger partial charge in [0.1, 0.15) is 0 Å². The van der Waals surface area contributed by atoms with E-state index in [2.05, 4.69) is 6.92 Å². The van der Waals surface area contributed by atoms with E-state index in [0.29, 0.717) is 5.92 Å². The summed E-state index contributed by atoms with van der Waals surface area (Å²) in [6.07, 6.45) is 4.55. The summed E-state index contributed by atoms with van der Waals surface area (Å²) in [7, 11) is 0. The summed E-state index contributed by atoms with van der Waals surface area (Å²) in [4.78, 5) is 0. The molecule has 1 aliphatic carbocycles. The van der Waals surface area contributed by atoms with Gasteiger partial charge in [0, 0.05) is 13.2 Å². The minimum Gasteiger partial charge on any atom is -0.396 e. The average Bonchev–Trinajstić information content (AvgIpc) is 2.05. The molecule has 0 heterocycles. The van der Waals surface area contributed by atoms with Gasteiger partial charge in [-0.25, -0.2) is 0 Å². The lowest BCUT2D eigenvalue weighted by atomic mass is 9.68. The number of aliphatic hydroxyl groups excluding tert-OH is 2. The van der Waals surface area contributed by atoms with E-state index in [4.69, 9.17) is 10.2 Å². The van der Waals surface area contributed by atoms with Crippen molar-refractivity contribution in [2.45, 2.75) is 32.6 Å². The lowest BCUT2D eigenvalue weighted by Gasteiger charge is -2.39. The molecule has 0 aliphatic heterocycles. The summed E-state index contributed by atoms with van der Waals surface area (Å²) < 4.78 is 0. The van der Waals surface area contributed by atoms with Crippen molar-refractivity contribution in [1.82, 2.24) is 0 Å². The zero-order chi connectivity index (χ0) is 8.32. The summed E-state index contributed by atoms with van der Waals surface area (Å²) in [6.45, 7) is 2.53.